The zero-order chi connectivity index (χ0) is 23.4. The van der Waals surface area contributed by atoms with Gasteiger partial charge in [-0.3, -0.25) is 0 Å². The molecule has 1 atom stereocenters. The van der Waals surface area contributed by atoms with Gasteiger partial charge in [0.05, 0.1) is 0 Å². The summed E-state index contributed by atoms with van der Waals surface area (Å²) in [5, 5.41) is 0. The molecule has 0 bridgehead atoms. The minimum Gasteiger partial charge on any atom is -0.467 e. The highest BCUT2D eigenvalue weighted by atomic mass is 19.4. The molecule has 3 aromatic rings. The number of nitrogens with zero attached hydrogens (tertiary/aromatic N) is 1. The van der Waals surface area contributed by atoms with Crippen LogP contribution in [-0.2, 0) is 24.0 Å². The van der Waals surface area contributed by atoms with Crippen LogP contribution in [0.2, 0.25) is 0 Å². The first-order valence-corrected chi connectivity index (χ1v) is 11.1. The van der Waals surface area contributed by atoms with E-state index >= 15 is 0 Å². The van der Waals surface area contributed by atoms with E-state index in [0.29, 0.717) is 19.3 Å². The van der Waals surface area contributed by atoms with Crippen molar-refractivity contribution in [2.24, 2.45) is 4.99 Å². The van der Waals surface area contributed by atoms with Crippen molar-refractivity contribution in [1.82, 2.24) is 0 Å². The highest BCUT2D eigenvalue weighted by Gasteiger charge is 2.39. The number of alkyl halides is 3. The summed E-state index contributed by atoms with van der Waals surface area (Å²) in [7, 11) is 0. The molecular weight excluding hydrogens is 423 g/mol. The molecule has 0 unspecified atom stereocenters. The van der Waals surface area contributed by atoms with Gasteiger partial charge in [-0.15, -0.1) is 0 Å². The van der Waals surface area contributed by atoms with Gasteiger partial charge < -0.3 is 4.74 Å². The molecule has 172 valence electrons. The molecule has 0 saturated heterocycles. The summed E-state index contributed by atoms with van der Waals surface area (Å²) in [5.74, 6) is -1.17. The van der Waals surface area contributed by atoms with Gasteiger partial charge >= 0.3 is 6.18 Å². The molecule has 0 aliphatic rings. The van der Waals surface area contributed by atoms with Crippen LogP contribution in [0.4, 0.5) is 13.2 Å². The van der Waals surface area contributed by atoms with E-state index in [9.17, 15) is 13.2 Å². The average molecular weight is 452 g/mol. The lowest BCUT2D eigenvalue weighted by atomic mass is 10.1. The van der Waals surface area contributed by atoms with E-state index in [1.807, 2.05) is 97.1 Å². The summed E-state index contributed by atoms with van der Waals surface area (Å²) in [6.07, 6.45) is 0.463. The van der Waals surface area contributed by atoms with Crippen LogP contribution >= 0.6 is 0 Å². The molecule has 0 fully saturated rings. The summed E-state index contributed by atoms with van der Waals surface area (Å²) < 4.78 is 46.5. The van der Waals surface area contributed by atoms with Crippen molar-refractivity contribution < 1.29 is 17.9 Å². The molecule has 0 aromatic heterocycles. The van der Waals surface area contributed by atoms with E-state index in [-0.39, 0.29) is 6.54 Å². The zero-order valence-corrected chi connectivity index (χ0v) is 18.4. The molecule has 0 aliphatic heterocycles. The third kappa shape index (κ3) is 8.97. The first kappa shape index (κ1) is 24.3. The molecule has 0 N–H and O–H groups in total. The Bertz CT molecular complexity index is 1000. The summed E-state index contributed by atoms with van der Waals surface area (Å²) in [4.78, 5) is 3.78. The van der Waals surface area contributed by atoms with Crippen molar-refractivity contribution in [2.75, 3.05) is 6.54 Å². The van der Waals surface area contributed by atoms with Gasteiger partial charge in [-0.25, -0.2) is 4.99 Å². The number of allylic oxidation sites excluding steroid dienone is 1. The second kappa shape index (κ2) is 12.6. The molecule has 0 heterocycles. The molecule has 3 rings (SSSR count). The van der Waals surface area contributed by atoms with Crippen molar-refractivity contribution in [3.05, 3.63) is 120 Å². The quantitative estimate of drug-likeness (QED) is 0.185. The van der Waals surface area contributed by atoms with Crippen molar-refractivity contribution in [2.45, 2.75) is 38.0 Å². The van der Waals surface area contributed by atoms with Crippen molar-refractivity contribution >= 4 is 5.90 Å². The molecule has 0 spiro atoms. The van der Waals surface area contributed by atoms with E-state index in [0.717, 1.165) is 17.5 Å². The average Bonchev–Trinajstić information content (AvgIpc) is 2.82. The van der Waals surface area contributed by atoms with Gasteiger partial charge in [0.15, 0.2) is 0 Å². The molecule has 2 nitrogen and oxygen atoms in total. The number of ether oxygens (including phenoxy) is 1. The molecule has 3 aromatic carbocycles. The maximum atomic E-state index is 13.7. The van der Waals surface area contributed by atoms with Gasteiger partial charge in [0, 0.05) is 13.0 Å². The normalized spacial score (nSPS) is 13.2. The third-order valence-corrected chi connectivity index (χ3v) is 5.08. The van der Waals surface area contributed by atoms with Gasteiger partial charge in [-0.1, -0.05) is 97.1 Å². The first-order valence-electron chi connectivity index (χ1n) is 11.1. The van der Waals surface area contributed by atoms with Gasteiger partial charge in [0.25, 0.3) is 5.90 Å². The Labute approximate surface area is 193 Å². The lowest BCUT2D eigenvalue weighted by Gasteiger charge is -2.19. The number of aryl methyl sites for hydroxylation is 1. The van der Waals surface area contributed by atoms with E-state index in [2.05, 4.69) is 4.99 Å². The van der Waals surface area contributed by atoms with E-state index in [4.69, 9.17) is 4.74 Å². The second-order valence-corrected chi connectivity index (χ2v) is 7.72. The van der Waals surface area contributed by atoms with Crippen LogP contribution in [0.3, 0.4) is 0 Å². The predicted molar refractivity (Wildman–Crippen MR) is 127 cm³/mol. The van der Waals surface area contributed by atoms with Crippen LogP contribution in [0.5, 0.6) is 0 Å². The summed E-state index contributed by atoms with van der Waals surface area (Å²) in [6.45, 7) is 0.00857. The minimum atomic E-state index is -4.65. The lowest BCUT2D eigenvalue weighted by Crippen LogP contribution is -2.31. The maximum Gasteiger partial charge on any atom is 0.468 e. The Balaban J connectivity index is 1.69. The summed E-state index contributed by atoms with van der Waals surface area (Å²) >= 11 is 0. The molecular formula is C28H28F3NO. The zero-order valence-electron chi connectivity index (χ0n) is 18.4. The highest BCUT2D eigenvalue weighted by molar-refractivity contribution is 5.82. The van der Waals surface area contributed by atoms with Gasteiger partial charge in [0.1, 0.15) is 6.10 Å². The van der Waals surface area contributed by atoms with Crippen LogP contribution in [0, 0.1) is 0 Å². The third-order valence-electron chi connectivity index (χ3n) is 5.08. The number of hydrogen-bond donors (Lipinski definition) is 0. The molecule has 0 radical (unpaired) electrons. The highest BCUT2D eigenvalue weighted by Crippen LogP contribution is 2.21. The monoisotopic (exact) mass is 451 g/mol. The largest absolute Gasteiger partial charge is 0.468 e. The van der Waals surface area contributed by atoms with Crippen LogP contribution < -0.4 is 0 Å². The topological polar surface area (TPSA) is 21.6 Å². The number of benzene rings is 3. The number of halogens is 3. The molecule has 5 heteroatoms. The minimum absolute atomic E-state index is 0.00857. The van der Waals surface area contributed by atoms with Crippen LogP contribution in [-0.4, -0.2) is 24.7 Å². The van der Waals surface area contributed by atoms with Crippen LogP contribution in [0.1, 0.15) is 23.1 Å². The van der Waals surface area contributed by atoms with Crippen LogP contribution in [0.15, 0.2) is 108 Å². The molecule has 0 aliphatic carbocycles. The van der Waals surface area contributed by atoms with Crippen molar-refractivity contribution in [3.63, 3.8) is 0 Å². The fourth-order valence-electron chi connectivity index (χ4n) is 3.41. The van der Waals surface area contributed by atoms with Gasteiger partial charge in [-0.2, -0.15) is 13.2 Å². The summed E-state index contributed by atoms with van der Waals surface area (Å²) in [6, 6.07) is 28.7. The fraction of sp³-hybridized carbons (Fsp3) is 0.250. The van der Waals surface area contributed by atoms with Crippen molar-refractivity contribution in [1.29, 1.82) is 0 Å². The van der Waals surface area contributed by atoms with Gasteiger partial charge in [0.2, 0.25) is 0 Å². The molecule has 0 saturated carbocycles. The Hall–Kier alpha value is -3.34. The van der Waals surface area contributed by atoms with Crippen LogP contribution in [0.25, 0.3) is 0 Å². The van der Waals surface area contributed by atoms with E-state index in [1.54, 1.807) is 6.08 Å². The van der Waals surface area contributed by atoms with Gasteiger partial charge in [-0.05, 0) is 42.0 Å². The first-order chi connectivity index (χ1) is 16.0. The maximum absolute atomic E-state index is 13.7. The lowest BCUT2D eigenvalue weighted by molar-refractivity contribution is -0.0815. The number of rotatable bonds is 10. The van der Waals surface area contributed by atoms with E-state index in [1.165, 1.54) is 5.56 Å². The Kier molecular flexibility index (Phi) is 9.31. The smallest absolute Gasteiger partial charge is 0.467 e. The molecule has 0 amide bonds. The molecule has 33 heavy (non-hydrogen) atoms. The fourth-order valence-corrected chi connectivity index (χ4v) is 3.41. The van der Waals surface area contributed by atoms with Crippen molar-refractivity contribution in [3.8, 4) is 0 Å². The SMILES string of the molecule is FC(F)(F)C(=NCCc1ccccc1)O[C@@H](/C=C/CCc1ccccc1)Cc1ccccc1. The number of hydrogen-bond acceptors (Lipinski definition) is 2. The standard InChI is InChI=1S/C28H28F3NO/c29-28(30,31)27(32-21-20-24-14-6-2-7-15-24)33-26(22-25-17-8-3-9-18-25)19-11-10-16-23-12-4-1-5-13-23/h1-9,11-15,17-19,26H,10,16,20-22H2/b19-11+,32-27?/t26-/m0/s1. The summed E-state index contributed by atoms with van der Waals surface area (Å²) in [5.41, 5.74) is 3.02. The van der Waals surface area contributed by atoms with E-state index < -0.39 is 18.2 Å². The Morgan fingerprint density at radius 2 is 1.27 bits per heavy atom. The second-order valence-electron chi connectivity index (χ2n) is 7.72. The predicted octanol–water partition coefficient (Wildman–Crippen LogP) is 7.01. The number of aliphatic imine (C=N–C) groups is 1. The Morgan fingerprint density at radius 3 is 1.82 bits per heavy atom. The Morgan fingerprint density at radius 1 is 0.758 bits per heavy atom.